The van der Waals surface area contributed by atoms with Crippen LogP contribution in [0.2, 0.25) is 0 Å². The molecule has 0 saturated carbocycles. The lowest BCUT2D eigenvalue weighted by atomic mass is 10.1. The van der Waals surface area contributed by atoms with Crippen LogP contribution in [-0.4, -0.2) is 22.7 Å². The Labute approximate surface area is 108 Å². The molecule has 100 valence electrons. The number of carboxylic acid groups (broad SMARTS) is 1. The minimum absolute atomic E-state index is 0.0806. The second-order valence-corrected chi connectivity index (χ2v) is 4.36. The zero-order valence-corrected chi connectivity index (χ0v) is 10.6. The zero-order chi connectivity index (χ0) is 13.2. The SMILES string of the molecule is O=C(O)CCCCCNCc1ccc(CO)cc1. The highest BCUT2D eigenvalue weighted by molar-refractivity contribution is 5.66. The van der Waals surface area contributed by atoms with Crippen molar-refractivity contribution in [2.24, 2.45) is 0 Å². The minimum Gasteiger partial charge on any atom is -0.481 e. The minimum atomic E-state index is -0.716. The van der Waals surface area contributed by atoms with Gasteiger partial charge in [-0.1, -0.05) is 30.7 Å². The van der Waals surface area contributed by atoms with Crippen LogP contribution in [0.15, 0.2) is 24.3 Å². The number of unbranched alkanes of at least 4 members (excludes halogenated alkanes) is 2. The maximum atomic E-state index is 10.3. The van der Waals surface area contributed by atoms with Crippen LogP contribution in [0.25, 0.3) is 0 Å². The van der Waals surface area contributed by atoms with Crippen molar-refractivity contribution in [2.45, 2.75) is 38.8 Å². The number of aliphatic hydroxyl groups excluding tert-OH is 1. The predicted octanol–water partition coefficient (Wildman–Crippen LogP) is 1.91. The summed E-state index contributed by atoms with van der Waals surface area (Å²) in [6, 6.07) is 7.85. The molecule has 18 heavy (non-hydrogen) atoms. The smallest absolute Gasteiger partial charge is 0.303 e. The molecule has 0 spiro atoms. The number of aliphatic carboxylic acids is 1. The highest BCUT2D eigenvalue weighted by atomic mass is 16.4. The second-order valence-electron chi connectivity index (χ2n) is 4.36. The molecule has 4 nitrogen and oxygen atoms in total. The summed E-state index contributed by atoms with van der Waals surface area (Å²) in [4.78, 5) is 10.3. The van der Waals surface area contributed by atoms with E-state index in [1.165, 1.54) is 5.56 Å². The first-order valence-corrected chi connectivity index (χ1v) is 6.33. The summed E-state index contributed by atoms with van der Waals surface area (Å²) < 4.78 is 0. The van der Waals surface area contributed by atoms with E-state index in [1.807, 2.05) is 24.3 Å². The van der Waals surface area contributed by atoms with Crippen LogP contribution >= 0.6 is 0 Å². The maximum absolute atomic E-state index is 10.3. The van der Waals surface area contributed by atoms with Crippen molar-refractivity contribution in [3.05, 3.63) is 35.4 Å². The van der Waals surface area contributed by atoms with Crippen molar-refractivity contribution in [1.82, 2.24) is 5.32 Å². The predicted molar refractivity (Wildman–Crippen MR) is 70.2 cm³/mol. The molecule has 0 saturated heterocycles. The molecule has 1 aromatic rings. The van der Waals surface area contributed by atoms with Crippen molar-refractivity contribution in [3.8, 4) is 0 Å². The summed E-state index contributed by atoms with van der Waals surface area (Å²) in [7, 11) is 0. The van der Waals surface area contributed by atoms with Crippen LogP contribution < -0.4 is 5.32 Å². The average Bonchev–Trinajstić information content (AvgIpc) is 2.38. The Kier molecular flexibility index (Phi) is 7.06. The van der Waals surface area contributed by atoms with E-state index in [0.717, 1.165) is 37.9 Å². The molecule has 4 heteroatoms. The van der Waals surface area contributed by atoms with E-state index in [4.69, 9.17) is 10.2 Å². The van der Waals surface area contributed by atoms with Gasteiger partial charge in [0.05, 0.1) is 6.61 Å². The van der Waals surface area contributed by atoms with Crippen LogP contribution in [0.4, 0.5) is 0 Å². The van der Waals surface area contributed by atoms with E-state index in [9.17, 15) is 4.79 Å². The van der Waals surface area contributed by atoms with Gasteiger partial charge in [-0.15, -0.1) is 0 Å². The molecule has 0 atom stereocenters. The standard InChI is InChI=1S/C14H21NO3/c16-11-13-7-5-12(6-8-13)10-15-9-3-1-2-4-14(17)18/h5-8,15-16H,1-4,9-11H2,(H,17,18). The number of carboxylic acids is 1. The molecule has 0 radical (unpaired) electrons. The van der Waals surface area contributed by atoms with Crippen molar-refractivity contribution in [3.63, 3.8) is 0 Å². The number of hydrogen-bond acceptors (Lipinski definition) is 3. The largest absolute Gasteiger partial charge is 0.481 e. The lowest BCUT2D eigenvalue weighted by Crippen LogP contribution is -2.14. The number of nitrogens with one attached hydrogen (secondary N) is 1. The highest BCUT2D eigenvalue weighted by Gasteiger charge is 1.97. The first-order valence-electron chi connectivity index (χ1n) is 6.33. The van der Waals surface area contributed by atoms with E-state index < -0.39 is 5.97 Å². The maximum Gasteiger partial charge on any atom is 0.303 e. The summed E-state index contributed by atoms with van der Waals surface area (Å²) in [6.45, 7) is 1.79. The summed E-state index contributed by atoms with van der Waals surface area (Å²) >= 11 is 0. The number of carbonyl (C=O) groups is 1. The molecule has 0 aliphatic rings. The van der Waals surface area contributed by atoms with Gasteiger partial charge in [-0.25, -0.2) is 0 Å². The zero-order valence-electron chi connectivity index (χ0n) is 10.6. The van der Waals surface area contributed by atoms with Gasteiger partial charge in [0, 0.05) is 13.0 Å². The molecule has 1 aromatic carbocycles. The first-order chi connectivity index (χ1) is 8.72. The Hall–Kier alpha value is -1.39. The molecule has 0 aliphatic carbocycles. The monoisotopic (exact) mass is 251 g/mol. The average molecular weight is 251 g/mol. The van der Waals surface area contributed by atoms with E-state index in [0.29, 0.717) is 0 Å². The highest BCUT2D eigenvalue weighted by Crippen LogP contribution is 2.04. The van der Waals surface area contributed by atoms with Crippen molar-refractivity contribution < 1.29 is 15.0 Å². The lowest BCUT2D eigenvalue weighted by Gasteiger charge is -2.05. The van der Waals surface area contributed by atoms with E-state index in [-0.39, 0.29) is 13.0 Å². The van der Waals surface area contributed by atoms with Crippen LogP contribution in [-0.2, 0) is 17.9 Å². The first kappa shape index (κ1) is 14.7. The van der Waals surface area contributed by atoms with Crippen LogP contribution in [0.5, 0.6) is 0 Å². The molecule has 0 aromatic heterocycles. The van der Waals surface area contributed by atoms with Gasteiger partial charge in [-0.3, -0.25) is 4.79 Å². The number of hydrogen-bond donors (Lipinski definition) is 3. The third kappa shape index (κ3) is 6.37. The summed E-state index contributed by atoms with van der Waals surface area (Å²) in [5.41, 5.74) is 2.12. The molecular formula is C14H21NO3. The number of aliphatic hydroxyl groups is 1. The molecule has 0 bridgehead atoms. The summed E-state index contributed by atoms with van der Waals surface area (Å²) in [5, 5.41) is 20.7. The van der Waals surface area contributed by atoms with Gasteiger partial charge >= 0.3 is 5.97 Å². The van der Waals surface area contributed by atoms with Gasteiger partial charge in [0.2, 0.25) is 0 Å². The molecule has 0 fully saturated rings. The quantitative estimate of drug-likeness (QED) is 0.586. The molecule has 0 amide bonds. The lowest BCUT2D eigenvalue weighted by molar-refractivity contribution is -0.137. The van der Waals surface area contributed by atoms with Gasteiger partial charge in [0.1, 0.15) is 0 Å². The van der Waals surface area contributed by atoms with Gasteiger partial charge in [0.25, 0.3) is 0 Å². The molecule has 0 unspecified atom stereocenters. The normalized spacial score (nSPS) is 10.5. The Morgan fingerprint density at radius 2 is 1.72 bits per heavy atom. The van der Waals surface area contributed by atoms with E-state index >= 15 is 0 Å². The Balaban J connectivity index is 2.05. The van der Waals surface area contributed by atoms with Crippen LogP contribution in [0.3, 0.4) is 0 Å². The van der Waals surface area contributed by atoms with E-state index in [2.05, 4.69) is 5.32 Å². The molecule has 0 aliphatic heterocycles. The topological polar surface area (TPSA) is 69.6 Å². The van der Waals surface area contributed by atoms with Crippen LogP contribution in [0.1, 0.15) is 36.8 Å². The molecular weight excluding hydrogens is 230 g/mol. The molecule has 1 rings (SSSR count). The summed E-state index contributed by atoms with van der Waals surface area (Å²) in [5.74, 6) is -0.716. The number of benzene rings is 1. The molecule has 3 N–H and O–H groups in total. The van der Waals surface area contributed by atoms with Gasteiger partial charge in [-0.2, -0.15) is 0 Å². The van der Waals surface area contributed by atoms with E-state index in [1.54, 1.807) is 0 Å². The fraction of sp³-hybridized carbons (Fsp3) is 0.500. The van der Waals surface area contributed by atoms with Gasteiger partial charge in [-0.05, 0) is 30.5 Å². The second kappa shape index (κ2) is 8.66. The molecule has 0 heterocycles. The Morgan fingerprint density at radius 3 is 2.33 bits per heavy atom. The van der Waals surface area contributed by atoms with Crippen molar-refractivity contribution >= 4 is 5.97 Å². The van der Waals surface area contributed by atoms with Gasteiger partial charge < -0.3 is 15.5 Å². The Bertz CT molecular complexity index is 349. The van der Waals surface area contributed by atoms with Crippen molar-refractivity contribution in [2.75, 3.05) is 6.54 Å². The third-order valence-corrected chi connectivity index (χ3v) is 2.78. The van der Waals surface area contributed by atoms with Crippen molar-refractivity contribution in [1.29, 1.82) is 0 Å². The fourth-order valence-electron chi connectivity index (χ4n) is 1.70. The third-order valence-electron chi connectivity index (χ3n) is 2.78. The Morgan fingerprint density at radius 1 is 1.06 bits per heavy atom. The van der Waals surface area contributed by atoms with Crippen LogP contribution in [0, 0.1) is 0 Å². The fourth-order valence-corrected chi connectivity index (χ4v) is 1.70. The van der Waals surface area contributed by atoms with Gasteiger partial charge in [0.15, 0.2) is 0 Å². The summed E-state index contributed by atoms with van der Waals surface area (Å²) in [6.07, 6.45) is 2.97. The number of rotatable bonds is 9.